The van der Waals surface area contributed by atoms with Crippen molar-refractivity contribution < 1.29 is 19.0 Å². The SMILES string of the molecule is COc1cc(C(O)NC23CC(C(C)C(=O)Nc4ccc(F)cc4)(C2)C3)ccn1. The Labute approximate surface area is 163 Å². The lowest BCUT2D eigenvalue weighted by Crippen LogP contribution is -2.76. The molecule has 3 saturated carbocycles. The van der Waals surface area contributed by atoms with Gasteiger partial charge >= 0.3 is 0 Å². The number of methoxy groups -OCH3 is 1. The predicted octanol–water partition coefficient (Wildman–Crippen LogP) is 3.01. The molecular weight excluding hydrogens is 361 g/mol. The Kier molecular flexibility index (Phi) is 4.59. The van der Waals surface area contributed by atoms with E-state index >= 15 is 0 Å². The Bertz CT molecular complexity index is 867. The molecule has 2 atom stereocenters. The lowest BCUT2D eigenvalue weighted by molar-refractivity contribution is -0.202. The van der Waals surface area contributed by atoms with Gasteiger partial charge in [0.2, 0.25) is 11.8 Å². The van der Waals surface area contributed by atoms with Crippen LogP contribution in [0.2, 0.25) is 0 Å². The minimum Gasteiger partial charge on any atom is -0.481 e. The Balaban J connectivity index is 1.33. The molecule has 0 spiro atoms. The number of nitrogens with zero attached hydrogens (tertiary/aromatic N) is 1. The maximum atomic E-state index is 13.0. The van der Waals surface area contributed by atoms with Crippen LogP contribution >= 0.6 is 0 Å². The van der Waals surface area contributed by atoms with Crippen molar-refractivity contribution in [3.63, 3.8) is 0 Å². The van der Waals surface area contributed by atoms with Crippen LogP contribution in [0.1, 0.15) is 38.0 Å². The molecule has 3 fully saturated rings. The second-order valence-corrected chi connectivity index (χ2v) is 8.07. The van der Waals surface area contributed by atoms with E-state index in [0.717, 1.165) is 19.3 Å². The minimum absolute atomic E-state index is 0.0350. The van der Waals surface area contributed by atoms with Crippen LogP contribution in [0.5, 0.6) is 5.88 Å². The molecule has 3 N–H and O–H groups in total. The average Bonchev–Trinajstić information content (AvgIpc) is 2.64. The number of benzene rings is 1. The summed E-state index contributed by atoms with van der Waals surface area (Å²) in [5.41, 5.74) is 1.14. The molecule has 1 aromatic heterocycles. The van der Waals surface area contributed by atoms with Crippen LogP contribution < -0.4 is 15.4 Å². The quantitative estimate of drug-likeness (QED) is 0.638. The normalized spacial score (nSPS) is 27.1. The molecule has 148 valence electrons. The van der Waals surface area contributed by atoms with Crippen molar-refractivity contribution in [3.8, 4) is 5.88 Å². The number of aliphatic hydroxyl groups is 1. The zero-order valence-electron chi connectivity index (χ0n) is 15.9. The van der Waals surface area contributed by atoms with Gasteiger partial charge in [0.15, 0.2) is 0 Å². The average molecular weight is 385 g/mol. The van der Waals surface area contributed by atoms with E-state index in [1.165, 1.54) is 19.2 Å². The molecule has 6 nitrogen and oxygen atoms in total. The number of nitrogens with one attached hydrogen (secondary N) is 2. The van der Waals surface area contributed by atoms with E-state index in [-0.39, 0.29) is 28.6 Å². The minimum atomic E-state index is -0.807. The topological polar surface area (TPSA) is 83.5 Å². The van der Waals surface area contributed by atoms with E-state index in [1.54, 1.807) is 30.5 Å². The van der Waals surface area contributed by atoms with Crippen molar-refractivity contribution in [1.82, 2.24) is 10.3 Å². The zero-order chi connectivity index (χ0) is 19.9. The molecule has 1 amide bonds. The second-order valence-electron chi connectivity index (χ2n) is 8.07. The van der Waals surface area contributed by atoms with Gasteiger partial charge < -0.3 is 15.2 Å². The first-order chi connectivity index (χ1) is 13.3. The van der Waals surface area contributed by atoms with Gasteiger partial charge in [0, 0.05) is 35.0 Å². The number of aliphatic hydroxyl groups excluding tert-OH is 1. The van der Waals surface area contributed by atoms with Crippen molar-refractivity contribution >= 4 is 11.6 Å². The number of aromatic nitrogens is 1. The third kappa shape index (κ3) is 3.25. The number of rotatable bonds is 7. The van der Waals surface area contributed by atoms with Gasteiger partial charge in [-0.15, -0.1) is 0 Å². The van der Waals surface area contributed by atoms with Crippen molar-refractivity contribution in [2.24, 2.45) is 11.3 Å². The number of amides is 1. The molecule has 0 saturated heterocycles. The number of hydrogen-bond acceptors (Lipinski definition) is 5. The van der Waals surface area contributed by atoms with Crippen LogP contribution in [-0.2, 0) is 4.79 Å². The van der Waals surface area contributed by atoms with Crippen molar-refractivity contribution in [1.29, 1.82) is 0 Å². The summed E-state index contributed by atoms with van der Waals surface area (Å²) in [4.78, 5) is 16.6. The molecule has 0 radical (unpaired) electrons. The fraction of sp³-hybridized carbons (Fsp3) is 0.429. The molecule has 0 aliphatic heterocycles. The van der Waals surface area contributed by atoms with E-state index < -0.39 is 6.23 Å². The molecule has 2 aromatic rings. The Morgan fingerprint density at radius 2 is 1.93 bits per heavy atom. The van der Waals surface area contributed by atoms with Crippen LogP contribution in [0.15, 0.2) is 42.6 Å². The first-order valence-corrected chi connectivity index (χ1v) is 9.37. The highest BCUT2D eigenvalue weighted by molar-refractivity contribution is 5.93. The molecule has 2 unspecified atom stereocenters. The first-order valence-electron chi connectivity index (χ1n) is 9.37. The van der Waals surface area contributed by atoms with Crippen LogP contribution in [0.3, 0.4) is 0 Å². The Morgan fingerprint density at radius 3 is 2.57 bits per heavy atom. The molecule has 1 aromatic carbocycles. The number of ether oxygens (including phenoxy) is 1. The number of carbonyl (C=O) groups is 1. The fourth-order valence-corrected chi connectivity index (χ4v) is 4.62. The van der Waals surface area contributed by atoms with E-state index in [0.29, 0.717) is 17.1 Å². The van der Waals surface area contributed by atoms with Crippen molar-refractivity contribution in [3.05, 3.63) is 54.0 Å². The maximum Gasteiger partial charge on any atom is 0.227 e. The molecular formula is C21H24FN3O3. The number of carbonyl (C=O) groups excluding carboxylic acids is 1. The Hall–Kier alpha value is -2.51. The highest BCUT2D eigenvalue weighted by atomic mass is 19.1. The molecule has 3 aliphatic carbocycles. The van der Waals surface area contributed by atoms with Gasteiger partial charge in [-0.05, 0) is 55.0 Å². The first kappa shape index (κ1) is 18.8. The van der Waals surface area contributed by atoms with E-state index in [4.69, 9.17) is 4.74 Å². The van der Waals surface area contributed by atoms with Gasteiger partial charge in [-0.25, -0.2) is 9.37 Å². The summed E-state index contributed by atoms with van der Waals surface area (Å²) in [6.45, 7) is 1.94. The third-order valence-electron chi connectivity index (χ3n) is 6.22. The molecule has 3 aliphatic rings. The summed E-state index contributed by atoms with van der Waals surface area (Å²) in [6.07, 6.45) is 3.33. The molecule has 5 rings (SSSR count). The van der Waals surface area contributed by atoms with Gasteiger partial charge in [0.05, 0.1) is 7.11 Å². The van der Waals surface area contributed by atoms with E-state index in [9.17, 15) is 14.3 Å². The van der Waals surface area contributed by atoms with Gasteiger partial charge in [0.25, 0.3) is 0 Å². The molecule has 7 heteroatoms. The number of hydrogen-bond donors (Lipinski definition) is 3. The van der Waals surface area contributed by atoms with Crippen molar-refractivity contribution in [2.75, 3.05) is 12.4 Å². The lowest BCUT2D eigenvalue weighted by Gasteiger charge is -2.73. The van der Waals surface area contributed by atoms with Gasteiger partial charge in [0.1, 0.15) is 12.0 Å². The number of anilines is 1. The molecule has 28 heavy (non-hydrogen) atoms. The summed E-state index contributed by atoms with van der Waals surface area (Å²) in [6, 6.07) is 9.23. The largest absolute Gasteiger partial charge is 0.481 e. The number of pyridine rings is 1. The van der Waals surface area contributed by atoms with Gasteiger partial charge in [-0.3, -0.25) is 10.1 Å². The summed E-state index contributed by atoms with van der Waals surface area (Å²) < 4.78 is 18.1. The fourth-order valence-electron chi connectivity index (χ4n) is 4.62. The summed E-state index contributed by atoms with van der Waals surface area (Å²) in [5.74, 6) is -0.0823. The van der Waals surface area contributed by atoms with Crippen LogP contribution in [0, 0.1) is 17.2 Å². The third-order valence-corrected chi connectivity index (χ3v) is 6.22. The second kappa shape index (κ2) is 6.83. The highest BCUT2D eigenvalue weighted by Crippen LogP contribution is 2.71. The Morgan fingerprint density at radius 1 is 1.25 bits per heavy atom. The maximum absolute atomic E-state index is 13.0. The van der Waals surface area contributed by atoms with Crippen LogP contribution in [-0.4, -0.2) is 28.6 Å². The monoisotopic (exact) mass is 385 g/mol. The van der Waals surface area contributed by atoms with Crippen LogP contribution in [0.4, 0.5) is 10.1 Å². The predicted molar refractivity (Wildman–Crippen MR) is 102 cm³/mol. The van der Waals surface area contributed by atoms with Gasteiger partial charge in [-0.1, -0.05) is 6.92 Å². The number of halogens is 1. The smallest absolute Gasteiger partial charge is 0.227 e. The summed E-state index contributed by atoms with van der Waals surface area (Å²) in [5, 5.41) is 16.7. The van der Waals surface area contributed by atoms with E-state index in [2.05, 4.69) is 15.6 Å². The van der Waals surface area contributed by atoms with Gasteiger partial charge in [-0.2, -0.15) is 0 Å². The van der Waals surface area contributed by atoms with E-state index in [1.807, 2.05) is 6.92 Å². The standard InChI is InChI=1S/C21H24FN3O3/c1-13(18(26)24-16-5-3-15(22)4-6-16)20-10-21(11-20,12-20)25-19(27)14-7-8-23-17(9-14)28-2/h3-9,13,19,25,27H,10-12H2,1-2H3,(H,24,26). The molecule has 2 bridgehead atoms. The van der Waals surface area contributed by atoms with Crippen LogP contribution in [0.25, 0.3) is 0 Å². The highest BCUT2D eigenvalue weighted by Gasteiger charge is 2.70. The molecule has 1 heterocycles. The zero-order valence-corrected chi connectivity index (χ0v) is 15.9. The lowest BCUT2D eigenvalue weighted by atomic mass is 9.36. The summed E-state index contributed by atoms with van der Waals surface area (Å²) in [7, 11) is 1.54. The summed E-state index contributed by atoms with van der Waals surface area (Å²) >= 11 is 0. The van der Waals surface area contributed by atoms with Crippen molar-refractivity contribution in [2.45, 2.75) is 38.0 Å².